The zero-order chi connectivity index (χ0) is 14.6. The smallest absolute Gasteiger partial charge is 0.337 e. The first-order valence-electron chi connectivity index (χ1n) is 5.62. The van der Waals surface area contributed by atoms with E-state index < -0.39 is 11.5 Å². The third-order valence-electron chi connectivity index (χ3n) is 2.43. The zero-order valence-electron chi connectivity index (χ0n) is 11.0. The number of hydrogen-bond acceptors (Lipinski definition) is 3. The number of carboxylic acids is 1. The average Bonchev–Trinajstić information content (AvgIpc) is 2.27. The number of carboxylic acid groups (broad SMARTS) is 1. The molecule has 0 saturated carbocycles. The van der Waals surface area contributed by atoms with Gasteiger partial charge < -0.3 is 10.4 Å². The largest absolute Gasteiger partial charge is 0.478 e. The molecule has 6 heteroatoms. The highest BCUT2D eigenvalue weighted by Gasteiger charge is 2.24. The Balaban J connectivity index is 3.07. The van der Waals surface area contributed by atoms with Crippen molar-refractivity contribution in [3.05, 3.63) is 33.8 Å². The number of nitrogens with one attached hydrogen (secondary N) is 1. The predicted octanol–water partition coefficient (Wildman–Crippen LogP) is 3.02. The van der Waals surface area contributed by atoms with Gasteiger partial charge in [0.1, 0.15) is 0 Å². The molecular weight excluding hydrogens is 330 g/mol. The Morgan fingerprint density at radius 3 is 2.58 bits per heavy atom. The van der Waals surface area contributed by atoms with Crippen molar-refractivity contribution >= 4 is 39.6 Å². The van der Waals surface area contributed by atoms with Crippen LogP contribution < -0.4 is 5.32 Å². The first kappa shape index (κ1) is 16.0. The highest BCUT2D eigenvalue weighted by molar-refractivity contribution is 9.10. The van der Waals surface area contributed by atoms with Crippen LogP contribution >= 0.6 is 27.7 Å². The minimum atomic E-state index is -1.12. The summed E-state index contributed by atoms with van der Waals surface area (Å²) in [7, 11) is 0. The number of thioether (sulfide) groups is 1. The van der Waals surface area contributed by atoms with Gasteiger partial charge in [0, 0.05) is 15.8 Å². The molecule has 0 unspecified atom stereocenters. The van der Waals surface area contributed by atoms with Crippen LogP contribution in [0, 0.1) is 0 Å². The van der Waals surface area contributed by atoms with Gasteiger partial charge in [-0.15, -0.1) is 0 Å². The van der Waals surface area contributed by atoms with Crippen molar-refractivity contribution in [1.82, 2.24) is 5.32 Å². The number of halogens is 1. The van der Waals surface area contributed by atoms with Crippen LogP contribution in [-0.2, 0) is 0 Å². The van der Waals surface area contributed by atoms with Gasteiger partial charge in [-0.3, -0.25) is 4.79 Å². The van der Waals surface area contributed by atoms with E-state index in [1.807, 2.05) is 20.1 Å². The monoisotopic (exact) mass is 345 g/mol. The first-order chi connectivity index (χ1) is 8.78. The standard InChI is InChI=1S/C13H16BrNO3S/c1-13(2,7-19-3)15-11(16)8-5-4-6-9(14)10(8)12(17)18/h4-6H,7H2,1-3H3,(H,15,16)(H,17,18). The molecule has 0 saturated heterocycles. The van der Waals surface area contributed by atoms with Crippen LogP contribution in [-0.4, -0.2) is 34.5 Å². The second kappa shape index (κ2) is 6.43. The zero-order valence-corrected chi connectivity index (χ0v) is 13.4. The minimum Gasteiger partial charge on any atom is -0.478 e. The Labute approximate surface area is 125 Å². The molecule has 0 aliphatic heterocycles. The molecule has 1 aromatic rings. The highest BCUT2D eigenvalue weighted by Crippen LogP contribution is 2.21. The third-order valence-corrected chi connectivity index (χ3v) is 4.10. The van der Waals surface area contributed by atoms with Crippen molar-refractivity contribution in [1.29, 1.82) is 0 Å². The summed E-state index contributed by atoms with van der Waals surface area (Å²) in [6.45, 7) is 3.81. The lowest BCUT2D eigenvalue weighted by atomic mass is 10.0. The molecule has 0 aliphatic rings. The van der Waals surface area contributed by atoms with Gasteiger partial charge in [0.25, 0.3) is 5.91 Å². The van der Waals surface area contributed by atoms with E-state index in [-0.39, 0.29) is 17.0 Å². The lowest BCUT2D eigenvalue weighted by molar-refractivity contribution is 0.0688. The van der Waals surface area contributed by atoms with E-state index in [1.165, 1.54) is 6.07 Å². The number of hydrogen-bond donors (Lipinski definition) is 2. The molecule has 2 N–H and O–H groups in total. The van der Waals surface area contributed by atoms with E-state index in [1.54, 1.807) is 23.9 Å². The number of aromatic carboxylic acids is 1. The van der Waals surface area contributed by atoms with Gasteiger partial charge >= 0.3 is 5.97 Å². The van der Waals surface area contributed by atoms with Gasteiger partial charge in [0.15, 0.2) is 0 Å². The average molecular weight is 346 g/mol. The minimum absolute atomic E-state index is 0.0139. The van der Waals surface area contributed by atoms with Gasteiger partial charge in [-0.1, -0.05) is 6.07 Å². The number of carbonyl (C=O) groups excluding carboxylic acids is 1. The SMILES string of the molecule is CSCC(C)(C)NC(=O)c1cccc(Br)c1C(=O)O. The summed E-state index contributed by atoms with van der Waals surface area (Å²) in [5.74, 6) is -0.757. The molecule has 0 fully saturated rings. The van der Waals surface area contributed by atoms with Crippen LogP contribution in [0.5, 0.6) is 0 Å². The molecular formula is C13H16BrNO3S. The summed E-state index contributed by atoms with van der Waals surface area (Å²) in [5, 5.41) is 12.0. The van der Waals surface area contributed by atoms with Crippen LogP contribution in [0.25, 0.3) is 0 Å². The Hall–Kier alpha value is -1.01. The van der Waals surface area contributed by atoms with Gasteiger partial charge in [-0.2, -0.15) is 11.8 Å². The molecule has 0 heterocycles. The van der Waals surface area contributed by atoms with Gasteiger partial charge in [-0.05, 0) is 48.2 Å². The molecule has 104 valence electrons. The highest BCUT2D eigenvalue weighted by atomic mass is 79.9. The summed E-state index contributed by atoms with van der Waals surface area (Å²) < 4.78 is 0.398. The third kappa shape index (κ3) is 4.24. The second-order valence-corrected chi connectivity index (χ2v) is 6.46. The molecule has 1 aromatic carbocycles. The lowest BCUT2D eigenvalue weighted by Crippen LogP contribution is -2.45. The topological polar surface area (TPSA) is 66.4 Å². The number of rotatable bonds is 5. The van der Waals surface area contributed by atoms with Crippen molar-refractivity contribution in [2.45, 2.75) is 19.4 Å². The Kier molecular flexibility index (Phi) is 5.43. The first-order valence-corrected chi connectivity index (χ1v) is 7.80. The summed E-state index contributed by atoms with van der Waals surface area (Å²) in [5.41, 5.74) is -0.245. The molecule has 4 nitrogen and oxygen atoms in total. The summed E-state index contributed by atoms with van der Waals surface area (Å²) in [6, 6.07) is 4.76. The van der Waals surface area contributed by atoms with Crippen molar-refractivity contribution in [3.8, 4) is 0 Å². The molecule has 1 amide bonds. The number of carbonyl (C=O) groups is 2. The van der Waals surface area contributed by atoms with E-state index in [2.05, 4.69) is 21.2 Å². The maximum Gasteiger partial charge on any atom is 0.337 e. The molecule has 0 spiro atoms. The van der Waals surface area contributed by atoms with Gasteiger partial charge in [0.2, 0.25) is 0 Å². The summed E-state index contributed by atoms with van der Waals surface area (Å²) >= 11 is 4.78. The van der Waals surface area contributed by atoms with Crippen LogP contribution in [0.3, 0.4) is 0 Å². The fraction of sp³-hybridized carbons (Fsp3) is 0.385. The normalized spacial score (nSPS) is 11.2. The van der Waals surface area contributed by atoms with Crippen LogP contribution in [0.15, 0.2) is 22.7 Å². The van der Waals surface area contributed by atoms with Gasteiger partial charge in [-0.25, -0.2) is 4.79 Å². The Bertz CT molecular complexity index is 503. The summed E-state index contributed by atoms with van der Waals surface area (Å²) in [4.78, 5) is 23.4. The fourth-order valence-electron chi connectivity index (χ4n) is 1.70. The molecule has 19 heavy (non-hydrogen) atoms. The van der Waals surface area contributed by atoms with Crippen molar-refractivity contribution in [2.75, 3.05) is 12.0 Å². The molecule has 1 rings (SSSR count). The Morgan fingerprint density at radius 1 is 1.42 bits per heavy atom. The van der Waals surface area contributed by atoms with E-state index >= 15 is 0 Å². The predicted molar refractivity (Wildman–Crippen MR) is 81.0 cm³/mol. The number of benzene rings is 1. The van der Waals surface area contributed by atoms with Crippen molar-refractivity contribution in [2.24, 2.45) is 0 Å². The van der Waals surface area contributed by atoms with E-state index in [4.69, 9.17) is 0 Å². The molecule has 0 bridgehead atoms. The quantitative estimate of drug-likeness (QED) is 0.860. The van der Waals surface area contributed by atoms with Crippen molar-refractivity contribution < 1.29 is 14.7 Å². The summed E-state index contributed by atoms with van der Waals surface area (Å²) in [6.07, 6.45) is 1.95. The maximum absolute atomic E-state index is 12.2. The van der Waals surface area contributed by atoms with E-state index in [0.717, 1.165) is 5.75 Å². The maximum atomic E-state index is 12.2. The molecule has 0 aromatic heterocycles. The van der Waals surface area contributed by atoms with Crippen LogP contribution in [0.2, 0.25) is 0 Å². The molecule has 0 aliphatic carbocycles. The molecule has 0 atom stereocenters. The number of amides is 1. The fourth-order valence-corrected chi connectivity index (χ4v) is 3.03. The lowest BCUT2D eigenvalue weighted by Gasteiger charge is -2.25. The van der Waals surface area contributed by atoms with E-state index in [9.17, 15) is 14.7 Å². The van der Waals surface area contributed by atoms with Crippen LogP contribution in [0.1, 0.15) is 34.6 Å². The van der Waals surface area contributed by atoms with Gasteiger partial charge in [0.05, 0.1) is 11.1 Å². The van der Waals surface area contributed by atoms with E-state index in [0.29, 0.717) is 4.47 Å². The second-order valence-electron chi connectivity index (χ2n) is 4.74. The van der Waals surface area contributed by atoms with Crippen molar-refractivity contribution in [3.63, 3.8) is 0 Å². The van der Waals surface area contributed by atoms with Crippen LogP contribution in [0.4, 0.5) is 0 Å². The molecule has 0 radical (unpaired) electrons. The Morgan fingerprint density at radius 2 is 2.05 bits per heavy atom.